The van der Waals surface area contributed by atoms with Crippen molar-refractivity contribution in [2.24, 2.45) is 11.3 Å². The van der Waals surface area contributed by atoms with Gasteiger partial charge in [0.25, 0.3) is 0 Å². The minimum atomic E-state index is -4.93. The molecule has 2 fully saturated rings. The zero-order valence-corrected chi connectivity index (χ0v) is 20.0. The van der Waals surface area contributed by atoms with Crippen LogP contribution in [0.2, 0.25) is 0 Å². The van der Waals surface area contributed by atoms with Crippen LogP contribution in [0.4, 0.5) is 26.3 Å². The SMILES string of the molecule is CC(C)C1(C(=O)NCc2cc(C(F)(F)F)cc(C(F)(F)F)c2)CC(N2CCC(n3cncn3)CC2)C1. The van der Waals surface area contributed by atoms with Crippen LogP contribution in [-0.4, -0.2) is 44.7 Å². The van der Waals surface area contributed by atoms with Gasteiger partial charge in [0.15, 0.2) is 0 Å². The molecule has 1 aliphatic heterocycles. The molecule has 0 unspecified atom stereocenters. The average molecular weight is 518 g/mol. The number of carbonyl (C=O) groups is 1. The number of carbonyl (C=O) groups excluding carboxylic acids is 1. The second-order valence-corrected chi connectivity index (χ2v) is 10.1. The topological polar surface area (TPSA) is 63.1 Å². The second-order valence-electron chi connectivity index (χ2n) is 10.1. The van der Waals surface area contributed by atoms with E-state index in [1.807, 2.05) is 18.5 Å². The predicted molar refractivity (Wildman–Crippen MR) is 118 cm³/mol. The Bertz CT molecular complexity index is 1020. The van der Waals surface area contributed by atoms with E-state index in [1.54, 1.807) is 6.33 Å². The number of hydrogen-bond donors (Lipinski definition) is 1. The van der Waals surface area contributed by atoms with E-state index in [-0.39, 0.29) is 35.5 Å². The maximum Gasteiger partial charge on any atom is 0.416 e. The number of benzene rings is 1. The minimum absolute atomic E-state index is 0.0336. The van der Waals surface area contributed by atoms with E-state index in [0.717, 1.165) is 25.9 Å². The summed E-state index contributed by atoms with van der Waals surface area (Å²) in [5.41, 5.74) is -3.73. The maximum absolute atomic E-state index is 13.2. The number of likely N-dealkylation sites (tertiary alicyclic amines) is 1. The molecule has 2 aliphatic rings. The number of nitrogens with zero attached hydrogens (tertiary/aromatic N) is 4. The van der Waals surface area contributed by atoms with Crippen LogP contribution in [-0.2, 0) is 23.7 Å². The highest BCUT2D eigenvalue weighted by Crippen LogP contribution is 2.50. The van der Waals surface area contributed by atoms with E-state index in [1.165, 1.54) is 6.33 Å². The Morgan fingerprint density at radius 2 is 1.61 bits per heavy atom. The molecular weight excluding hydrogens is 488 g/mol. The quantitative estimate of drug-likeness (QED) is 0.544. The Morgan fingerprint density at radius 1 is 1.03 bits per heavy atom. The largest absolute Gasteiger partial charge is 0.416 e. The molecule has 12 heteroatoms. The van der Waals surface area contributed by atoms with E-state index < -0.39 is 35.4 Å². The van der Waals surface area contributed by atoms with Crippen LogP contribution in [0.5, 0.6) is 0 Å². The number of halogens is 6. The molecule has 0 radical (unpaired) electrons. The molecule has 36 heavy (non-hydrogen) atoms. The third-order valence-electron chi connectivity index (χ3n) is 7.68. The Kier molecular flexibility index (Phi) is 7.11. The van der Waals surface area contributed by atoms with Crippen molar-refractivity contribution < 1.29 is 31.1 Å². The lowest BCUT2D eigenvalue weighted by atomic mass is 9.58. The van der Waals surface area contributed by atoms with Gasteiger partial charge in [0.2, 0.25) is 5.91 Å². The summed E-state index contributed by atoms with van der Waals surface area (Å²) in [7, 11) is 0. The molecule has 1 saturated heterocycles. The third-order valence-corrected chi connectivity index (χ3v) is 7.68. The summed E-state index contributed by atoms with van der Waals surface area (Å²) in [5.74, 6) is -0.370. The first kappa shape index (κ1) is 26.4. The smallest absolute Gasteiger partial charge is 0.352 e. The number of aromatic nitrogens is 3. The van der Waals surface area contributed by atoms with Gasteiger partial charge >= 0.3 is 12.4 Å². The fraction of sp³-hybridized carbons (Fsp3) is 0.625. The zero-order chi connectivity index (χ0) is 26.3. The van der Waals surface area contributed by atoms with Crippen LogP contribution >= 0.6 is 0 Å². The highest BCUT2D eigenvalue weighted by atomic mass is 19.4. The molecule has 0 spiro atoms. The lowest BCUT2D eigenvalue weighted by Gasteiger charge is -2.54. The van der Waals surface area contributed by atoms with Crippen LogP contribution in [0, 0.1) is 11.3 Å². The molecule has 1 aromatic heterocycles. The molecule has 0 atom stereocenters. The van der Waals surface area contributed by atoms with Crippen LogP contribution in [0.3, 0.4) is 0 Å². The lowest BCUT2D eigenvalue weighted by molar-refractivity contribution is -0.147. The monoisotopic (exact) mass is 517 g/mol. The molecule has 2 aromatic rings. The van der Waals surface area contributed by atoms with Crippen molar-refractivity contribution in [2.45, 2.75) is 70.5 Å². The van der Waals surface area contributed by atoms with E-state index in [9.17, 15) is 31.1 Å². The zero-order valence-electron chi connectivity index (χ0n) is 20.0. The Morgan fingerprint density at radius 3 is 2.08 bits per heavy atom. The molecule has 1 aliphatic carbocycles. The summed E-state index contributed by atoms with van der Waals surface area (Å²) in [5, 5.41) is 6.82. The summed E-state index contributed by atoms with van der Waals surface area (Å²) in [6.07, 6.45) is -3.61. The van der Waals surface area contributed by atoms with Crippen LogP contribution in [0.15, 0.2) is 30.9 Å². The number of hydrogen-bond acceptors (Lipinski definition) is 4. The molecule has 1 amide bonds. The van der Waals surface area contributed by atoms with Gasteiger partial charge in [-0.2, -0.15) is 31.4 Å². The predicted octanol–water partition coefficient (Wildman–Crippen LogP) is 5.07. The average Bonchev–Trinajstić information content (AvgIpc) is 3.31. The number of piperidine rings is 1. The Balaban J connectivity index is 1.39. The van der Waals surface area contributed by atoms with Gasteiger partial charge in [-0.1, -0.05) is 13.8 Å². The third kappa shape index (κ3) is 5.37. The number of amides is 1. The van der Waals surface area contributed by atoms with Crippen LogP contribution in [0.25, 0.3) is 0 Å². The van der Waals surface area contributed by atoms with Crippen molar-refractivity contribution in [1.82, 2.24) is 25.0 Å². The molecule has 198 valence electrons. The standard InChI is InChI=1S/C24H29F6N5O/c1-15(2)22(10-20(11-22)34-5-3-19(4-6-34)35-14-31-13-33-35)21(36)32-12-16-7-17(23(25,26)27)9-18(8-16)24(28,29)30/h7-9,13-15,19-20H,3-6,10-12H2,1-2H3,(H,32,36). The lowest BCUT2D eigenvalue weighted by Crippen LogP contribution is -2.60. The fourth-order valence-corrected chi connectivity index (χ4v) is 5.36. The molecular formula is C24H29F6N5O. The van der Waals surface area contributed by atoms with E-state index in [2.05, 4.69) is 20.3 Å². The maximum atomic E-state index is 13.2. The molecule has 1 N–H and O–H groups in total. The second kappa shape index (κ2) is 9.68. The first-order valence-corrected chi connectivity index (χ1v) is 11.9. The van der Waals surface area contributed by atoms with Gasteiger partial charge < -0.3 is 10.2 Å². The van der Waals surface area contributed by atoms with Crippen molar-refractivity contribution in [1.29, 1.82) is 0 Å². The van der Waals surface area contributed by atoms with E-state index in [0.29, 0.717) is 25.0 Å². The number of rotatable bonds is 6. The summed E-state index contributed by atoms with van der Waals surface area (Å²) in [4.78, 5) is 19.5. The van der Waals surface area contributed by atoms with Crippen molar-refractivity contribution in [3.63, 3.8) is 0 Å². The number of nitrogens with one attached hydrogen (secondary N) is 1. The van der Waals surface area contributed by atoms with Crippen LogP contribution < -0.4 is 5.32 Å². The van der Waals surface area contributed by atoms with Gasteiger partial charge in [-0.25, -0.2) is 9.67 Å². The number of alkyl halides is 6. The summed E-state index contributed by atoms with van der Waals surface area (Å²) in [6, 6.07) is 1.89. The summed E-state index contributed by atoms with van der Waals surface area (Å²) < 4.78 is 80.8. The molecule has 1 saturated carbocycles. The van der Waals surface area contributed by atoms with Crippen molar-refractivity contribution in [3.8, 4) is 0 Å². The molecule has 6 nitrogen and oxygen atoms in total. The molecule has 0 bridgehead atoms. The first-order valence-electron chi connectivity index (χ1n) is 11.9. The van der Waals surface area contributed by atoms with Crippen molar-refractivity contribution in [3.05, 3.63) is 47.5 Å². The van der Waals surface area contributed by atoms with Gasteiger partial charge in [-0.05, 0) is 55.4 Å². The van der Waals surface area contributed by atoms with Gasteiger partial charge in [0.1, 0.15) is 12.7 Å². The normalized spacial score (nSPS) is 24.1. The first-order chi connectivity index (χ1) is 16.8. The fourth-order valence-electron chi connectivity index (χ4n) is 5.36. The molecule has 4 rings (SSSR count). The van der Waals surface area contributed by atoms with Crippen molar-refractivity contribution >= 4 is 5.91 Å². The van der Waals surface area contributed by atoms with Gasteiger partial charge in [-0.15, -0.1) is 0 Å². The highest BCUT2D eigenvalue weighted by Gasteiger charge is 2.53. The van der Waals surface area contributed by atoms with Gasteiger partial charge in [0.05, 0.1) is 22.6 Å². The summed E-state index contributed by atoms with van der Waals surface area (Å²) >= 11 is 0. The van der Waals surface area contributed by atoms with E-state index >= 15 is 0 Å². The molecule has 1 aromatic carbocycles. The molecule has 2 heterocycles. The van der Waals surface area contributed by atoms with E-state index in [4.69, 9.17) is 0 Å². The van der Waals surface area contributed by atoms with Crippen LogP contribution in [0.1, 0.15) is 62.3 Å². The minimum Gasteiger partial charge on any atom is -0.352 e. The van der Waals surface area contributed by atoms with Crippen molar-refractivity contribution in [2.75, 3.05) is 13.1 Å². The Labute approximate surface area is 205 Å². The van der Waals surface area contributed by atoms with Gasteiger partial charge in [0, 0.05) is 25.7 Å². The Hall–Kier alpha value is -2.63. The summed E-state index contributed by atoms with van der Waals surface area (Å²) in [6.45, 7) is 5.14. The van der Waals surface area contributed by atoms with Gasteiger partial charge in [-0.3, -0.25) is 4.79 Å². The highest BCUT2D eigenvalue weighted by molar-refractivity contribution is 5.84.